The monoisotopic (exact) mass is 302 g/mol. The van der Waals surface area contributed by atoms with Gasteiger partial charge in [-0.15, -0.1) is 0 Å². The molecule has 0 amide bonds. The molecular weight excluding hydrogens is 281 g/mol. The number of hydrogen-bond acceptors (Lipinski definition) is 4. The van der Waals surface area contributed by atoms with Crippen LogP contribution in [0.15, 0.2) is 6.07 Å². The smallest absolute Gasteiger partial charge is 0.373 e. The van der Waals surface area contributed by atoms with Gasteiger partial charge in [-0.1, -0.05) is 6.92 Å². The van der Waals surface area contributed by atoms with E-state index in [1.807, 2.05) is 11.8 Å². The Balaban J connectivity index is 2.10. The number of piperidine rings is 1. The van der Waals surface area contributed by atoms with E-state index in [-0.39, 0.29) is 12.8 Å². The number of aryl methyl sites for hydroxylation is 1. The van der Waals surface area contributed by atoms with Gasteiger partial charge in [-0.25, -0.2) is 9.97 Å². The van der Waals surface area contributed by atoms with Gasteiger partial charge in [0.2, 0.25) is 0 Å². The third-order valence-electron chi connectivity index (χ3n) is 3.77. The lowest BCUT2D eigenvalue weighted by Gasteiger charge is -2.33. The van der Waals surface area contributed by atoms with Crippen molar-refractivity contribution in [1.82, 2.24) is 9.97 Å². The Morgan fingerprint density at radius 2 is 1.95 bits per heavy atom. The molecular formula is C14H21F3N4. The van der Waals surface area contributed by atoms with Crippen LogP contribution in [-0.4, -0.2) is 36.3 Å². The van der Waals surface area contributed by atoms with Crippen molar-refractivity contribution in [3.05, 3.63) is 11.9 Å². The minimum atomic E-state index is -4.08. The largest absolute Gasteiger partial charge is 0.391 e. The van der Waals surface area contributed by atoms with Crippen LogP contribution in [0.3, 0.4) is 0 Å². The van der Waals surface area contributed by atoms with E-state index in [9.17, 15) is 13.2 Å². The van der Waals surface area contributed by atoms with Gasteiger partial charge in [0, 0.05) is 32.6 Å². The van der Waals surface area contributed by atoms with Crippen molar-refractivity contribution in [2.75, 3.05) is 30.4 Å². The van der Waals surface area contributed by atoms with Crippen LogP contribution in [0.1, 0.15) is 32.0 Å². The third kappa shape index (κ3) is 3.98. The first-order valence-electron chi connectivity index (χ1n) is 7.31. The molecule has 2 heterocycles. The summed E-state index contributed by atoms with van der Waals surface area (Å²) >= 11 is 0. The molecule has 0 aromatic carbocycles. The van der Waals surface area contributed by atoms with Gasteiger partial charge in [-0.3, -0.25) is 0 Å². The Bertz CT molecular complexity index is 468. The highest BCUT2D eigenvalue weighted by atomic mass is 19.4. The molecule has 0 bridgehead atoms. The van der Waals surface area contributed by atoms with Crippen LogP contribution in [0.2, 0.25) is 0 Å². The van der Waals surface area contributed by atoms with Crippen molar-refractivity contribution in [1.29, 1.82) is 0 Å². The number of alkyl halides is 3. The first kappa shape index (κ1) is 15.9. The summed E-state index contributed by atoms with van der Waals surface area (Å²) in [5.41, 5.74) is 0. The van der Waals surface area contributed by atoms with E-state index in [2.05, 4.69) is 15.3 Å². The number of nitrogens with one attached hydrogen (secondary N) is 1. The van der Waals surface area contributed by atoms with E-state index in [0.29, 0.717) is 18.9 Å². The number of rotatable bonds is 4. The third-order valence-corrected chi connectivity index (χ3v) is 3.77. The number of aromatic nitrogens is 2. The van der Waals surface area contributed by atoms with E-state index >= 15 is 0 Å². The molecule has 0 atom stereocenters. The lowest BCUT2D eigenvalue weighted by Crippen LogP contribution is -2.39. The van der Waals surface area contributed by atoms with Crippen LogP contribution < -0.4 is 10.2 Å². The van der Waals surface area contributed by atoms with Gasteiger partial charge in [0.25, 0.3) is 0 Å². The number of nitrogens with zero attached hydrogens (tertiary/aromatic N) is 3. The summed E-state index contributed by atoms with van der Waals surface area (Å²) in [6.07, 6.45) is -2.12. The molecule has 21 heavy (non-hydrogen) atoms. The molecule has 1 saturated heterocycles. The average molecular weight is 302 g/mol. The van der Waals surface area contributed by atoms with E-state index in [1.54, 1.807) is 13.1 Å². The zero-order chi connectivity index (χ0) is 15.5. The Morgan fingerprint density at radius 1 is 1.29 bits per heavy atom. The average Bonchev–Trinajstić information content (AvgIpc) is 2.46. The summed E-state index contributed by atoms with van der Waals surface area (Å²) in [5.74, 6) is 0.978. The van der Waals surface area contributed by atoms with Gasteiger partial charge in [0.1, 0.15) is 17.5 Å². The van der Waals surface area contributed by atoms with Crippen molar-refractivity contribution in [3.8, 4) is 0 Å². The highest BCUT2D eigenvalue weighted by molar-refractivity contribution is 5.49. The number of halogens is 3. The maximum atomic E-state index is 12.7. The molecule has 1 aromatic heterocycles. The van der Waals surface area contributed by atoms with Crippen LogP contribution in [0, 0.1) is 5.92 Å². The van der Waals surface area contributed by atoms with Crippen molar-refractivity contribution < 1.29 is 13.2 Å². The van der Waals surface area contributed by atoms with Gasteiger partial charge >= 0.3 is 6.18 Å². The topological polar surface area (TPSA) is 41.1 Å². The van der Waals surface area contributed by atoms with Crippen LogP contribution in [0.25, 0.3) is 0 Å². The van der Waals surface area contributed by atoms with Crippen molar-refractivity contribution in [2.45, 2.75) is 38.8 Å². The Morgan fingerprint density at radius 3 is 2.48 bits per heavy atom. The summed E-state index contributed by atoms with van der Waals surface area (Å²) in [5, 5.41) is 2.98. The molecule has 1 aliphatic heterocycles. The second-order valence-electron chi connectivity index (χ2n) is 5.33. The minimum absolute atomic E-state index is 0.130. The zero-order valence-corrected chi connectivity index (χ0v) is 12.4. The summed E-state index contributed by atoms with van der Waals surface area (Å²) in [4.78, 5) is 10.8. The summed E-state index contributed by atoms with van der Waals surface area (Å²) in [6.45, 7) is 2.82. The first-order chi connectivity index (χ1) is 9.94. The van der Waals surface area contributed by atoms with Crippen LogP contribution >= 0.6 is 0 Å². The fourth-order valence-corrected chi connectivity index (χ4v) is 2.54. The highest BCUT2D eigenvalue weighted by Crippen LogP contribution is 2.35. The SMILES string of the molecule is CCCc1nc(NC)cc(N2CCC(C(F)(F)F)CC2)n1. The van der Waals surface area contributed by atoms with Gasteiger partial charge in [-0.05, 0) is 19.3 Å². The van der Waals surface area contributed by atoms with E-state index in [0.717, 1.165) is 24.5 Å². The number of anilines is 2. The van der Waals surface area contributed by atoms with Gasteiger partial charge in [0.05, 0.1) is 5.92 Å². The Labute approximate surface area is 122 Å². The maximum absolute atomic E-state index is 12.7. The molecule has 1 aromatic rings. The maximum Gasteiger partial charge on any atom is 0.391 e. The Hall–Kier alpha value is -1.53. The zero-order valence-electron chi connectivity index (χ0n) is 12.4. The molecule has 0 saturated carbocycles. The van der Waals surface area contributed by atoms with Crippen LogP contribution in [0.4, 0.5) is 24.8 Å². The van der Waals surface area contributed by atoms with Crippen molar-refractivity contribution in [3.63, 3.8) is 0 Å². The summed E-state index contributed by atoms with van der Waals surface area (Å²) in [7, 11) is 1.78. The van der Waals surface area contributed by atoms with Crippen LogP contribution in [0.5, 0.6) is 0 Å². The van der Waals surface area contributed by atoms with E-state index in [4.69, 9.17) is 0 Å². The lowest BCUT2D eigenvalue weighted by molar-refractivity contribution is -0.179. The predicted octanol–water partition coefficient (Wildman–Crippen LogP) is 3.25. The molecule has 0 unspecified atom stereocenters. The minimum Gasteiger partial charge on any atom is -0.373 e. The van der Waals surface area contributed by atoms with Crippen molar-refractivity contribution >= 4 is 11.6 Å². The normalized spacial score (nSPS) is 17.1. The molecule has 0 spiro atoms. The molecule has 0 radical (unpaired) electrons. The van der Waals surface area contributed by atoms with Gasteiger partial charge in [-0.2, -0.15) is 13.2 Å². The predicted molar refractivity (Wildman–Crippen MR) is 76.6 cm³/mol. The molecule has 1 fully saturated rings. The molecule has 0 aliphatic carbocycles. The standard InChI is InChI=1S/C14H21F3N4/c1-3-4-11-19-12(18-2)9-13(20-11)21-7-5-10(6-8-21)14(15,16)17/h9-10H,3-8H2,1-2H3,(H,18,19,20). The fraction of sp³-hybridized carbons (Fsp3) is 0.714. The molecule has 7 heteroatoms. The molecule has 1 aliphatic rings. The number of hydrogen-bond donors (Lipinski definition) is 1. The van der Waals surface area contributed by atoms with E-state index in [1.165, 1.54) is 0 Å². The molecule has 4 nitrogen and oxygen atoms in total. The second kappa shape index (κ2) is 6.49. The molecule has 118 valence electrons. The lowest BCUT2D eigenvalue weighted by atomic mass is 9.96. The highest BCUT2D eigenvalue weighted by Gasteiger charge is 2.41. The summed E-state index contributed by atoms with van der Waals surface area (Å²) in [6, 6.07) is 1.80. The van der Waals surface area contributed by atoms with Gasteiger partial charge in [0.15, 0.2) is 0 Å². The molecule has 2 rings (SSSR count). The Kier molecular flexibility index (Phi) is 4.90. The quantitative estimate of drug-likeness (QED) is 0.927. The molecule has 1 N–H and O–H groups in total. The van der Waals surface area contributed by atoms with Gasteiger partial charge < -0.3 is 10.2 Å². The summed E-state index contributed by atoms with van der Waals surface area (Å²) < 4.78 is 38.1. The van der Waals surface area contributed by atoms with E-state index < -0.39 is 12.1 Å². The fourth-order valence-electron chi connectivity index (χ4n) is 2.54. The van der Waals surface area contributed by atoms with Crippen LogP contribution in [-0.2, 0) is 6.42 Å². The first-order valence-corrected chi connectivity index (χ1v) is 7.31. The second-order valence-corrected chi connectivity index (χ2v) is 5.33. The van der Waals surface area contributed by atoms with Crippen molar-refractivity contribution in [2.24, 2.45) is 5.92 Å².